The third kappa shape index (κ3) is 7.83. The predicted molar refractivity (Wildman–Crippen MR) is 54.6 cm³/mol. The van der Waals surface area contributed by atoms with Gasteiger partial charge in [-0.15, -0.1) is 0 Å². The first-order valence-electron chi connectivity index (χ1n) is 3.76. The summed E-state index contributed by atoms with van der Waals surface area (Å²) in [6.45, 7) is 8.57. The van der Waals surface area contributed by atoms with E-state index in [-0.39, 0.29) is 0 Å². The molecule has 0 N–H and O–H groups in total. The average Bonchev–Trinajstić information content (AvgIpc) is 1.83. The topological polar surface area (TPSA) is 17.1 Å². The Morgan fingerprint density at radius 3 is 2.27 bits per heavy atom. The lowest BCUT2D eigenvalue weighted by Crippen LogP contribution is -2.21. The molecule has 11 heavy (non-hydrogen) atoms. The molecule has 1 unspecified atom stereocenters. The Bertz CT molecular complexity index is 194. The Morgan fingerprint density at radius 2 is 1.91 bits per heavy atom. The van der Waals surface area contributed by atoms with Crippen molar-refractivity contribution in [2.75, 3.05) is 5.75 Å². The maximum Gasteiger partial charge on any atom is 0.0971 e. The van der Waals surface area contributed by atoms with Crippen LogP contribution in [-0.2, 0) is 10.8 Å². The van der Waals surface area contributed by atoms with Crippen LogP contribution in [0.1, 0.15) is 6.92 Å². The van der Waals surface area contributed by atoms with E-state index in [0.717, 1.165) is 11.8 Å². The predicted octanol–water partition coefficient (Wildman–Crippen LogP) is 2.05. The molecule has 0 aliphatic carbocycles. The van der Waals surface area contributed by atoms with Crippen molar-refractivity contribution in [1.29, 1.82) is 0 Å². The molecule has 0 aromatic heterocycles. The van der Waals surface area contributed by atoms with Crippen LogP contribution in [0.4, 0.5) is 0 Å². The quantitative estimate of drug-likeness (QED) is 0.489. The molecule has 1 nitrogen and oxygen atoms in total. The van der Waals surface area contributed by atoms with Gasteiger partial charge in [-0.3, -0.25) is 0 Å². The van der Waals surface area contributed by atoms with Crippen molar-refractivity contribution >= 4 is 18.9 Å². The van der Waals surface area contributed by atoms with Gasteiger partial charge in [0.2, 0.25) is 0 Å². The van der Waals surface area contributed by atoms with E-state index in [0.29, 0.717) is 0 Å². The number of hydrogen-bond donors (Lipinski definition) is 0. The molecule has 0 amide bonds. The van der Waals surface area contributed by atoms with Crippen molar-refractivity contribution in [3.8, 4) is 11.2 Å². The molecule has 0 aromatic carbocycles. The molecule has 0 spiro atoms. The lowest BCUT2D eigenvalue weighted by molar-refractivity contribution is 0.689. The van der Waals surface area contributed by atoms with Crippen LogP contribution in [0.3, 0.4) is 0 Å². The first-order chi connectivity index (χ1) is 4.95. The summed E-state index contributed by atoms with van der Waals surface area (Å²) in [6, 6.07) is 1.11. The summed E-state index contributed by atoms with van der Waals surface area (Å²) >= 11 is 0. The van der Waals surface area contributed by atoms with Gasteiger partial charge in [-0.1, -0.05) is 25.6 Å². The molecule has 0 heterocycles. The molecule has 0 radical (unpaired) electrons. The lowest BCUT2D eigenvalue weighted by atomic mass is 10.8. The fraction of sp³-hybridized carbons (Fsp3) is 0.750. The van der Waals surface area contributed by atoms with Crippen LogP contribution in [0.15, 0.2) is 0 Å². The maximum atomic E-state index is 11.0. The second kappa shape index (κ2) is 4.73. The third-order valence-corrected chi connectivity index (χ3v) is 4.37. The van der Waals surface area contributed by atoms with Gasteiger partial charge in [0.15, 0.2) is 0 Å². The van der Waals surface area contributed by atoms with E-state index in [1.54, 1.807) is 6.92 Å². The molecule has 0 bridgehead atoms. The van der Waals surface area contributed by atoms with Gasteiger partial charge in [0, 0.05) is 13.8 Å². The first kappa shape index (κ1) is 10.9. The van der Waals surface area contributed by atoms with Crippen molar-refractivity contribution < 1.29 is 4.21 Å². The van der Waals surface area contributed by atoms with Crippen molar-refractivity contribution in [2.24, 2.45) is 0 Å². The van der Waals surface area contributed by atoms with E-state index in [2.05, 4.69) is 30.8 Å². The minimum absolute atomic E-state index is 0.760. The molecule has 0 rings (SSSR count). The van der Waals surface area contributed by atoms with Crippen LogP contribution < -0.4 is 0 Å². The van der Waals surface area contributed by atoms with Gasteiger partial charge in [-0.2, -0.15) is 0 Å². The molecular weight excluding hydrogens is 172 g/mol. The van der Waals surface area contributed by atoms with Gasteiger partial charge in [0.1, 0.15) is 0 Å². The van der Waals surface area contributed by atoms with Crippen molar-refractivity contribution in [3.05, 3.63) is 0 Å². The zero-order valence-corrected chi connectivity index (χ0v) is 9.55. The second-order valence-electron chi connectivity index (χ2n) is 3.71. The molecular formula is C8H16OSSi. The van der Waals surface area contributed by atoms with Crippen molar-refractivity contribution in [1.82, 2.24) is 0 Å². The van der Waals surface area contributed by atoms with Crippen LogP contribution in [0.25, 0.3) is 0 Å². The Kier molecular flexibility index (Phi) is 4.70. The van der Waals surface area contributed by atoms with Crippen molar-refractivity contribution in [3.63, 3.8) is 0 Å². The van der Waals surface area contributed by atoms with Gasteiger partial charge in [0.25, 0.3) is 0 Å². The summed E-state index contributed by atoms with van der Waals surface area (Å²) in [5.41, 5.74) is 0. The van der Waals surface area contributed by atoms with Gasteiger partial charge >= 0.3 is 0 Å². The van der Waals surface area contributed by atoms with Crippen LogP contribution >= 0.6 is 0 Å². The summed E-state index contributed by atoms with van der Waals surface area (Å²) in [5.74, 6) is 3.43. The van der Waals surface area contributed by atoms with Gasteiger partial charge in [-0.25, -0.2) is 4.21 Å². The second-order valence-corrected chi connectivity index (χ2v) is 10.6. The van der Waals surface area contributed by atoms with E-state index in [1.165, 1.54) is 0 Å². The Morgan fingerprint density at radius 1 is 1.36 bits per heavy atom. The highest BCUT2D eigenvalue weighted by molar-refractivity contribution is 7.89. The van der Waals surface area contributed by atoms with E-state index in [4.69, 9.17) is 0 Å². The zero-order chi connectivity index (χ0) is 8.91. The Balaban J connectivity index is 3.69. The van der Waals surface area contributed by atoms with Gasteiger partial charge < -0.3 is 0 Å². The Labute approximate surface area is 73.0 Å². The van der Waals surface area contributed by atoms with E-state index in [9.17, 15) is 4.21 Å². The lowest BCUT2D eigenvalue weighted by Gasteiger charge is -2.13. The van der Waals surface area contributed by atoms with Crippen LogP contribution in [0.5, 0.6) is 0 Å². The SMILES string of the molecule is CC#CS(=O)CC[Si](C)(C)C. The van der Waals surface area contributed by atoms with E-state index in [1.807, 2.05) is 0 Å². The number of rotatable bonds is 3. The smallest absolute Gasteiger partial charge is 0.0971 e. The fourth-order valence-corrected chi connectivity index (χ4v) is 4.08. The largest absolute Gasteiger partial charge is 0.246 e. The van der Waals surface area contributed by atoms with Crippen LogP contribution in [0.2, 0.25) is 25.7 Å². The minimum Gasteiger partial charge on any atom is -0.246 e. The van der Waals surface area contributed by atoms with Gasteiger partial charge in [0.05, 0.1) is 10.8 Å². The summed E-state index contributed by atoms with van der Waals surface area (Å²) in [7, 11) is -1.90. The minimum atomic E-state index is -1.01. The molecule has 0 fully saturated rings. The average molecular weight is 188 g/mol. The zero-order valence-electron chi connectivity index (χ0n) is 7.73. The van der Waals surface area contributed by atoms with E-state index < -0.39 is 18.9 Å². The molecule has 3 heteroatoms. The molecule has 0 aliphatic heterocycles. The number of hydrogen-bond acceptors (Lipinski definition) is 1. The fourth-order valence-electron chi connectivity index (χ4n) is 0.564. The highest BCUT2D eigenvalue weighted by Crippen LogP contribution is 2.08. The molecule has 0 saturated heterocycles. The van der Waals surface area contributed by atoms with Crippen LogP contribution in [-0.4, -0.2) is 18.0 Å². The first-order valence-corrected chi connectivity index (χ1v) is 8.79. The summed E-state index contributed by atoms with van der Waals surface area (Å²) in [6.07, 6.45) is 0. The maximum absolute atomic E-state index is 11.0. The summed E-state index contributed by atoms with van der Waals surface area (Å²) in [4.78, 5) is 0. The standard InChI is InChI=1S/C8H16OSSi/c1-5-6-10(9)7-8-11(2,3)4/h7-8H2,1-4H3. The molecule has 64 valence electrons. The highest BCUT2D eigenvalue weighted by atomic mass is 32.2. The third-order valence-electron chi connectivity index (χ3n) is 1.25. The molecule has 1 atom stereocenters. The van der Waals surface area contributed by atoms with Crippen LogP contribution in [0, 0.1) is 11.2 Å². The summed E-state index contributed by atoms with van der Waals surface area (Å²) < 4.78 is 11.0. The normalized spacial score (nSPS) is 13.5. The summed E-state index contributed by atoms with van der Waals surface area (Å²) in [5, 5.41) is 2.66. The molecule has 0 aliphatic rings. The van der Waals surface area contributed by atoms with Crippen molar-refractivity contribution in [2.45, 2.75) is 32.6 Å². The highest BCUT2D eigenvalue weighted by Gasteiger charge is 2.13. The van der Waals surface area contributed by atoms with E-state index >= 15 is 0 Å². The van der Waals surface area contributed by atoms with Gasteiger partial charge in [-0.05, 0) is 18.2 Å². The monoisotopic (exact) mass is 188 g/mol. The molecule has 0 aromatic rings. The molecule has 0 saturated carbocycles. The Hall–Kier alpha value is -0.0731.